The van der Waals surface area contributed by atoms with E-state index in [0.29, 0.717) is 36.7 Å². The van der Waals surface area contributed by atoms with Crippen LogP contribution >= 0.6 is 11.3 Å². The molecule has 186 valence electrons. The van der Waals surface area contributed by atoms with Crippen LogP contribution in [-0.2, 0) is 14.8 Å². The fourth-order valence-corrected chi connectivity index (χ4v) is 6.58. The third-order valence-corrected chi connectivity index (χ3v) is 9.11. The van der Waals surface area contributed by atoms with Crippen molar-refractivity contribution in [3.63, 3.8) is 0 Å². The molecule has 11 nitrogen and oxygen atoms in total. The van der Waals surface area contributed by atoms with Crippen molar-refractivity contribution in [1.29, 1.82) is 0 Å². The second kappa shape index (κ2) is 7.80. The van der Waals surface area contributed by atoms with Crippen molar-refractivity contribution in [1.82, 2.24) is 29.2 Å². The summed E-state index contributed by atoms with van der Waals surface area (Å²) in [6, 6.07) is 1.41. The van der Waals surface area contributed by atoms with Gasteiger partial charge in [-0.15, -0.1) is 10.2 Å². The van der Waals surface area contributed by atoms with Gasteiger partial charge in [-0.05, 0) is 25.8 Å². The van der Waals surface area contributed by atoms with Gasteiger partial charge >= 0.3 is 6.09 Å². The van der Waals surface area contributed by atoms with Crippen molar-refractivity contribution in [2.24, 2.45) is 0 Å². The number of imidazole rings is 1. The summed E-state index contributed by atoms with van der Waals surface area (Å²) in [5.74, 6) is 0. The van der Waals surface area contributed by atoms with Gasteiger partial charge in [-0.2, -0.15) is 0 Å². The summed E-state index contributed by atoms with van der Waals surface area (Å²) in [6.45, 7) is 3.41. The first-order valence-electron chi connectivity index (χ1n) is 11.0. The summed E-state index contributed by atoms with van der Waals surface area (Å²) in [5.41, 5.74) is 0.879. The van der Waals surface area contributed by atoms with Gasteiger partial charge in [0.1, 0.15) is 17.2 Å². The highest BCUT2D eigenvalue weighted by Crippen LogP contribution is 2.38. The lowest BCUT2D eigenvalue weighted by Gasteiger charge is -2.37. The summed E-state index contributed by atoms with van der Waals surface area (Å²) < 4.78 is 62.3. The van der Waals surface area contributed by atoms with E-state index in [9.17, 15) is 22.0 Å². The van der Waals surface area contributed by atoms with E-state index in [1.807, 2.05) is 11.8 Å². The van der Waals surface area contributed by atoms with Crippen molar-refractivity contribution in [2.45, 2.75) is 42.7 Å². The molecule has 0 aromatic carbocycles. The molecule has 15 heteroatoms. The van der Waals surface area contributed by atoms with Gasteiger partial charge in [-0.1, -0.05) is 11.3 Å². The quantitative estimate of drug-likeness (QED) is 0.520. The van der Waals surface area contributed by atoms with Crippen LogP contribution in [0.5, 0.6) is 0 Å². The second-order valence-corrected chi connectivity index (χ2v) is 11.9. The number of halogens is 2. The molecule has 1 N–H and O–H groups in total. The fourth-order valence-electron chi connectivity index (χ4n) is 4.39. The number of hydrogen-bond donors (Lipinski definition) is 1. The Morgan fingerprint density at radius 1 is 1.29 bits per heavy atom. The summed E-state index contributed by atoms with van der Waals surface area (Å²) in [6.07, 6.45) is 1.28. The number of nitrogens with one attached hydrogen (secondary N) is 1. The van der Waals surface area contributed by atoms with Gasteiger partial charge in [0.15, 0.2) is 15.7 Å². The molecular formula is C20H21F2N7O4S2. The summed E-state index contributed by atoms with van der Waals surface area (Å²) in [5, 5.41) is 7.20. The molecule has 3 aromatic heterocycles. The first-order valence-corrected chi connectivity index (χ1v) is 13.3. The Balaban J connectivity index is 1.47. The van der Waals surface area contributed by atoms with Crippen LogP contribution in [0.3, 0.4) is 0 Å². The average molecular weight is 526 g/mol. The highest BCUT2D eigenvalue weighted by atomic mass is 32.2. The minimum atomic E-state index is -3.89. The third kappa shape index (κ3) is 3.90. The maximum Gasteiger partial charge on any atom is 0.410 e. The van der Waals surface area contributed by atoms with Crippen molar-refractivity contribution >= 4 is 38.8 Å². The number of fused-ring (bicyclic) bond motifs is 2. The fraction of sp³-hybridized carbons (Fsp3) is 0.500. The van der Waals surface area contributed by atoms with Crippen LogP contribution in [0.2, 0.25) is 0 Å². The number of nitrogens with zero attached hydrogens (tertiary/aromatic N) is 6. The molecule has 3 fully saturated rings. The van der Waals surface area contributed by atoms with Gasteiger partial charge in [0.25, 0.3) is 6.43 Å². The van der Waals surface area contributed by atoms with Gasteiger partial charge < -0.3 is 9.64 Å². The monoisotopic (exact) mass is 525 g/mol. The van der Waals surface area contributed by atoms with E-state index in [2.05, 4.69) is 19.9 Å². The van der Waals surface area contributed by atoms with Crippen LogP contribution in [0, 0.1) is 0 Å². The molecule has 2 saturated heterocycles. The van der Waals surface area contributed by atoms with Gasteiger partial charge in [0.2, 0.25) is 10.0 Å². The maximum absolute atomic E-state index is 13.3. The SMILES string of the molecule is CC1(NS(=O)(=O)c2cc(N3CCN4C(=O)OC[C@@H]4C3)c3ncc(-c4nnc(C(F)F)s4)n3c2)CC1. The molecule has 3 aromatic rings. The summed E-state index contributed by atoms with van der Waals surface area (Å²) >= 11 is 0.729. The van der Waals surface area contributed by atoms with E-state index in [-0.39, 0.29) is 28.6 Å². The number of aromatic nitrogens is 4. The number of pyridine rings is 1. The molecule has 1 amide bonds. The summed E-state index contributed by atoms with van der Waals surface area (Å²) in [7, 11) is -3.89. The maximum atomic E-state index is 13.3. The summed E-state index contributed by atoms with van der Waals surface area (Å²) in [4.78, 5) is 20.0. The highest BCUT2D eigenvalue weighted by molar-refractivity contribution is 7.89. The number of anilines is 1. The van der Waals surface area contributed by atoms with Crippen LogP contribution < -0.4 is 9.62 Å². The number of hydrogen-bond acceptors (Lipinski definition) is 9. The van der Waals surface area contributed by atoms with Crippen LogP contribution in [0.25, 0.3) is 16.3 Å². The highest BCUT2D eigenvalue weighted by Gasteiger charge is 2.42. The number of carbonyl (C=O) groups is 1. The van der Waals surface area contributed by atoms with Gasteiger partial charge in [0, 0.05) is 31.4 Å². The first-order chi connectivity index (χ1) is 16.6. The molecule has 1 saturated carbocycles. The second-order valence-electron chi connectivity index (χ2n) is 9.18. The number of cyclic esters (lactones) is 1. The molecule has 0 unspecified atom stereocenters. The number of sulfonamides is 1. The Kier molecular flexibility index (Phi) is 5.02. The lowest BCUT2D eigenvalue weighted by molar-refractivity contribution is 0.150. The molecule has 1 atom stereocenters. The average Bonchev–Trinajstić information content (AvgIpc) is 3.22. The van der Waals surface area contributed by atoms with Crippen LogP contribution in [0.1, 0.15) is 31.2 Å². The largest absolute Gasteiger partial charge is 0.447 e. The number of rotatable bonds is 6. The third-order valence-electron chi connectivity index (χ3n) is 6.56. The molecule has 2 aliphatic heterocycles. The van der Waals surface area contributed by atoms with E-state index in [1.165, 1.54) is 12.4 Å². The van der Waals surface area contributed by atoms with Crippen LogP contribution in [-0.4, -0.2) is 76.8 Å². The molecule has 0 spiro atoms. The van der Waals surface area contributed by atoms with E-state index < -0.39 is 27.0 Å². The van der Waals surface area contributed by atoms with Crippen molar-refractivity contribution in [3.05, 3.63) is 23.5 Å². The van der Waals surface area contributed by atoms with Crippen molar-refractivity contribution in [3.8, 4) is 10.7 Å². The minimum absolute atomic E-state index is 0.0205. The lowest BCUT2D eigenvalue weighted by Crippen LogP contribution is -2.52. The Labute approximate surface area is 202 Å². The number of ether oxygens (including phenoxy) is 1. The zero-order chi connectivity index (χ0) is 24.5. The van der Waals surface area contributed by atoms with Gasteiger partial charge in [0.05, 0.1) is 17.9 Å². The Hall–Kier alpha value is -2.91. The van der Waals surface area contributed by atoms with Gasteiger partial charge in [-0.25, -0.2) is 31.7 Å². The standard InChI is InChI=1S/C20H21F2N7O4S2/c1-20(2-3-20)26-35(31,32)12-6-13(27-4-5-28-11(8-27)10-33-19(28)30)16-23-7-14(29(16)9-12)17-24-25-18(34-17)15(21)22/h6-7,9,11,15,26H,2-5,8,10H2,1H3/t11-/m0/s1. The Bertz CT molecular complexity index is 1440. The molecular weight excluding hydrogens is 504 g/mol. The van der Waals surface area contributed by atoms with E-state index >= 15 is 0 Å². The predicted octanol–water partition coefficient (Wildman–Crippen LogP) is 2.26. The van der Waals surface area contributed by atoms with Crippen molar-refractivity contribution in [2.75, 3.05) is 31.1 Å². The first kappa shape index (κ1) is 22.5. The van der Waals surface area contributed by atoms with Crippen LogP contribution in [0.4, 0.5) is 19.3 Å². The Morgan fingerprint density at radius 2 is 2.09 bits per heavy atom. The molecule has 3 aliphatic rings. The van der Waals surface area contributed by atoms with Gasteiger partial charge in [-0.3, -0.25) is 9.30 Å². The molecule has 0 bridgehead atoms. The zero-order valence-electron chi connectivity index (χ0n) is 18.5. The molecule has 5 heterocycles. The molecule has 6 rings (SSSR count). The zero-order valence-corrected chi connectivity index (χ0v) is 20.2. The van der Waals surface area contributed by atoms with Crippen molar-refractivity contribution < 1.29 is 26.7 Å². The van der Waals surface area contributed by atoms with E-state index in [1.54, 1.807) is 15.4 Å². The Morgan fingerprint density at radius 3 is 2.80 bits per heavy atom. The van der Waals surface area contributed by atoms with E-state index in [0.717, 1.165) is 24.2 Å². The lowest BCUT2D eigenvalue weighted by atomic mass is 10.2. The van der Waals surface area contributed by atoms with Crippen LogP contribution in [0.15, 0.2) is 23.4 Å². The number of amides is 1. The van der Waals surface area contributed by atoms with E-state index in [4.69, 9.17) is 4.74 Å². The normalized spacial score (nSPS) is 21.6. The molecule has 35 heavy (non-hydrogen) atoms. The predicted molar refractivity (Wildman–Crippen MR) is 121 cm³/mol. The number of piperazine rings is 1. The number of alkyl halides is 2. The minimum Gasteiger partial charge on any atom is -0.447 e. The number of carbonyl (C=O) groups excluding carboxylic acids is 1. The molecule has 1 aliphatic carbocycles. The molecule has 0 radical (unpaired) electrons. The smallest absolute Gasteiger partial charge is 0.410 e. The topological polar surface area (TPSA) is 122 Å².